The van der Waals surface area contributed by atoms with Crippen LogP contribution in [0.3, 0.4) is 0 Å². The van der Waals surface area contributed by atoms with Gasteiger partial charge in [-0.3, -0.25) is 0 Å². The highest BCUT2D eigenvalue weighted by Crippen LogP contribution is 2.27. The van der Waals surface area contributed by atoms with Gasteiger partial charge in [0.25, 0.3) is 10.0 Å². The van der Waals surface area contributed by atoms with Crippen molar-refractivity contribution in [3.05, 3.63) is 27.5 Å². The van der Waals surface area contributed by atoms with Crippen molar-refractivity contribution in [3.63, 3.8) is 0 Å². The third-order valence-electron chi connectivity index (χ3n) is 1.28. The van der Waals surface area contributed by atoms with Crippen molar-refractivity contribution in [1.29, 1.82) is 0 Å². The van der Waals surface area contributed by atoms with E-state index >= 15 is 0 Å². The van der Waals surface area contributed by atoms with Gasteiger partial charge in [-0.05, 0) is 27.4 Å². The van der Waals surface area contributed by atoms with E-state index < -0.39 is 10.0 Å². The van der Waals surface area contributed by atoms with Gasteiger partial charge in [0.2, 0.25) is 0 Å². The summed E-state index contributed by atoms with van der Waals surface area (Å²) in [5.41, 5.74) is 0. The van der Waals surface area contributed by atoms with E-state index in [1.165, 1.54) is 0 Å². The molecule has 78 valence electrons. The van der Waals surface area contributed by atoms with Gasteiger partial charge in [0.05, 0.1) is 0 Å². The molecule has 14 heavy (non-hydrogen) atoms. The average Bonchev–Trinajstić information content (AvgIpc) is 2.48. The van der Waals surface area contributed by atoms with Gasteiger partial charge < -0.3 is 0 Å². The molecule has 1 aromatic heterocycles. The molecule has 0 aromatic carbocycles. The lowest BCUT2D eigenvalue weighted by molar-refractivity contribution is 0.587. The summed E-state index contributed by atoms with van der Waals surface area (Å²) in [5.74, 6) is 0. The molecule has 3 nitrogen and oxygen atoms in total. The predicted molar refractivity (Wildman–Crippen MR) is 62.2 cm³/mol. The lowest BCUT2D eigenvalue weighted by Gasteiger charge is -2.03. The van der Waals surface area contributed by atoms with Crippen molar-refractivity contribution in [2.24, 2.45) is 0 Å². The predicted octanol–water partition coefficient (Wildman–Crippen LogP) is 2.54. The van der Waals surface area contributed by atoms with Crippen LogP contribution in [0, 0.1) is 0 Å². The molecule has 0 spiro atoms. The van der Waals surface area contributed by atoms with Crippen LogP contribution in [0.5, 0.6) is 0 Å². The van der Waals surface area contributed by atoms with Crippen LogP contribution in [0.25, 0.3) is 0 Å². The largest absolute Gasteiger partial charge is 0.251 e. The molecule has 0 amide bonds. The Morgan fingerprint density at radius 1 is 1.71 bits per heavy atom. The van der Waals surface area contributed by atoms with E-state index in [0.717, 1.165) is 11.3 Å². The van der Waals surface area contributed by atoms with Crippen LogP contribution >= 0.6 is 38.9 Å². The topological polar surface area (TPSA) is 46.2 Å². The minimum atomic E-state index is -3.47. The van der Waals surface area contributed by atoms with E-state index in [1.807, 2.05) is 0 Å². The molecule has 7 heteroatoms. The molecule has 1 rings (SSSR count). The maximum Gasteiger partial charge on any atom is 0.251 e. The Kier molecular flexibility index (Phi) is 4.15. The summed E-state index contributed by atoms with van der Waals surface area (Å²) in [5, 5.41) is 1.94. The maximum atomic E-state index is 11.6. The first kappa shape index (κ1) is 12.2. The Bertz CT molecular complexity index is 440. The van der Waals surface area contributed by atoms with Gasteiger partial charge in [-0.1, -0.05) is 18.2 Å². The van der Waals surface area contributed by atoms with E-state index in [0.29, 0.717) is 4.47 Å². The van der Waals surface area contributed by atoms with Crippen LogP contribution in [-0.2, 0) is 10.0 Å². The summed E-state index contributed by atoms with van der Waals surface area (Å²) in [6.45, 7) is 3.43. The Balaban J connectivity index is 2.87. The SMILES string of the molecule is C=C(Cl)CNS(=O)(=O)c1sccc1Br. The zero-order valence-corrected chi connectivity index (χ0v) is 10.9. The molecule has 1 N–H and O–H groups in total. The molecule has 0 unspecified atom stereocenters. The van der Waals surface area contributed by atoms with Crippen molar-refractivity contribution in [2.45, 2.75) is 4.21 Å². The molecule has 0 atom stereocenters. The van der Waals surface area contributed by atoms with Gasteiger partial charge >= 0.3 is 0 Å². The van der Waals surface area contributed by atoms with Gasteiger partial charge in [0.1, 0.15) is 4.21 Å². The normalized spacial score (nSPS) is 11.6. The third kappa shape index (κ3) is 3.06. The fourth-order valence-corrected chi connectivity index (χ4v) is 4.26. The van der Waals surface area contributed by atoms with Crippen molar-refractivity contribution in [2.75, 3.05) is 6.54 Å². The summed E-state index contributed by atoms with van der Waals surface area (Å²) in [4.78, 5) is 0. The second kappa shape index (κ2) is 4.76. The van der Waals surface area contributed by atoms with Gasteiger partial charge in [0.15, 0.2) is 0 Å². The van der Waals surface area contributed by atoms with Crippen LogP contribution in [0.4, 0.5) is 0 Å². The summed E-state index contributed by atoms with van der Waals surface area (Å²) in [6.07, 6.45) is 0. The van der Waals surface area contributed by atoms with Crippen molar-refractivity contribution in [1.82, 2.24) is 4.72 Å². The molecular weight excluding hydrogens is 310 g/mol. The smallest absolute Gasteiger partial charge is 0.206 e. The number of rotatable bonds is 4. The maximum absolute atomic E-state index is 11.6. The first-order chi connectivity index (χ1) is 6.43. The number of sulfonamides is 1. The first-order valence-electron chi connectivity index (χ1n) is 3.49. The molecule has 0 aliphatic carbocycles. The van der Waals surface area contributed by atoms with Crippen molar-refractivity contribution in [3.8, 4) is 0 Å². The fraction of sp³-hybridized carbons (Fsp3) is 0.143. The minimum absolute atomic E-state index is 0.0359. The zero-order valence-electron chi connectivity index (χ0n) is 6.96. The van der Waals surface area contributed by atoms with Crippen molar-refractivity contribution < 1.29 is 8.42 Å². The first-order valence-corrected chi connectivity index (χ1v) is 7.03. The highest BCUT2D eigenvalue weighted by Gasteiger charge is 2.18. The second-order valence-corrected chi connectivity index (χ2v) is 6.66. The minimum Gasteiger partial charge on any atom is -0.206 e. The van der Waals surface area contributed by atoms with Gasteiger partial charge in [-0.25, -0.2) is 13.1 Å². The van der Waals surface area contributed by atoms with Gasteiger partial charge in [-0.2, -0.15) is 0 Å². The summed E-state index contributed by atoms with van der Waals surface area (Å²) < 4.78 is 26.3. The Morgan fingerprint density at radius 2 is 2.36 bits per heavy atom. The Morgan fingerprint density at radius 3 is 2.79 bits per heavy atom. The highest BCUT2D eigenvalue weighted by atomic mass is 79.9. The number of hydrogen-bond donors (Lipinski definition) is 1. The van der Waals surface area contributed by atoms with Crippen LogP contribution in [0.2, 0.25) is 0 Å². The molecule has 0 radical (unpaired) electrons. The fourth-order valence-electron chi connectivity index (χ4n) is 0.710. The summed E-state index contributed by atoms with van der Waals surface area (Å²) >= 11 is 9.74. The quantitative estimate of drug-likeness (QED) is 0.928. The van der Waals surface area contributed by atoms with Gasteiger partial charge in [0, 0.05) is 16.0 Å². The summed E-state index contributed by atoms with van der Waals surface area (Å²) in [6, 6.07) is 1.68. The lowest BCUT2D eigenvalue weighted by Crippen LogP contribution is -2.24. The summed E-state index contributed by atoms with van der Waals surface area (Å²) in [7, 11) is -3.47. The van der Waals surface area contributed by atoms with E-state index in [2.05, 4.69) is 27.2 Å². The van der Waals surface area contributed by atoms with Crippen LogP contribution in [-0.4, -0.2) is 15.0 Å². The zero-order chi connectivity index (χ0) is 10.8. The van der Waals surface area contributed by atoms with E-state index in [4.69, 9.17) is 11.6 Å². The third-order valence-corrected chi connectivity index (χ3v) is 5.49. The van der Waals surface area contributed by atoms with Crippen LogP contribution in [0.1, 0.15) is 0 Å². The molecule has 0 saturated carbocycles. The highest BCUT2D eigenvalue weighted by molar-refractivity contribution is 9.10. The number of hydrogen-bond acceptors (Lipinski definition) is 3. The number of halogens is 2. The van der Waals surface area contributed by atoms with E-state index in [1.54, 1.807) is 11.4 Å². The lowest BCUT2D eigenvalue weighted by atomic mass is 10.7. The Labute approximate surface area is 100.0 Å². The van der Waals surface area contributed by atoms with Crippen molar-refractivity contribution >= 4 is 48.9 Å². The molecule has 0 fully saturated rings. The Hall–Kier alpha value is 0.120. The molecule has 1 heterocycles. The van der Waals surface area contributed by atoms with Crippen LogP contribution < -0.4 is 4.72 Å². The molecule has 0 aliphatic heterocycles. The monoisotopic (exact) mass is 315 g/mol. The van der Waals surface area contributed by atoms with Crippen LogP contribution in [0.15, 0.2) is 31.7 Å². The number of thiophene rings is 1. The molecule has 0 bridgehead atoms. The van der Waals surface area contributed by atoms with E-state index in [-0.39, 0.29) is 15.8 Å². The molecule has 0 saturated heterocycles. The second-order valence-electron chi connectivity index (χ2n) is 2.40. The molecular formula is C7H7BrClNO2S2. The molecule has 1 aromatic rings. The standard InChI is InChI=1S/C7H7BrClNO2S2/c1-5(9)4-10-14(11,12)7-6(8)2-3-13-7/h2-3,10H,1,4H2. The van der Waals surface area contributed by atoms with E-state index in [9.17, 15) is 8.42 Å². The van der Waals surface area contributed by atoms with Gasteiger partial charge in [-0.15, -0.1) is 11.3 Å². The average molecular weight is 317 g/mol. The molecule has 0 aliphatic rings. The number of nitrogens with one attached hydrogen (secondary N) is 1.